The van der Waals surface area contributed by atoms with Crippen LogP contribution < -0.4 is 0 Å². The highest BCUT2D eigenvalue weighted by atomic mass is 16.5. The van der Waals surface area contributed by atoms with Crippen molar-refractivity contribution in [3.05, 3.63) is 0 Å². The third kappa shape index (κ3) is 3.65. The average Bonchev–Trinajstić information content (AvgIpc) is 2.83. The van der Waals surface area contributed by atoms with Gasteiger partial charge < -0.3 is 9.84 Å². The SMILES string of the molecule is CCC.OC1COCCC2(CC2)C1. The van der Waals surface area contributed by atoms with Crippen LogP contribution in [-0.4, -0.2) is 24.4 Å². The van der Waals surface area contributed by atoms with E-state index in [4.69, 9.17) is 4.74 Å². The maximum atomic E-state index is 9.34. The smallest absolute Gasteiger partial charge is 0.0779 e. The van der Waals surface area contributed by atoms with E-state index in [9.17, 15) is 5.11 Å². The molecule has 1 heterocycles. The van der Waals surface area contributed by atoms with Crippen molar-refractivity contribution in [2.24, 2.45) is 5.41 Å². The Kier molecular flexibility index (Phi) is 4.20. The van der Waals surface area contributed by atoms with Gasteiger partial charge in [0.25, 0.3) is 0 Å². The largest absolute Gasteiger partial charge is 0.391 e. The second-order valence-corrected chi connectivity index (χ2v) is 4.39. The minimum Gasteiger partial charge on any atom is -0.391 e. The second-order valence-electron chi connectivity index (χ2n) is 4.39. The fraction of sp³-hybridized carbons (Fsp3) is 1.00. The van der Waals surface area contributed by atoms with Crippen LogP contribution in [0.3, 0.4) is 0 Å². The molecule has 2 heteroatoms. The molecule has 2 fully saturated rings. The lowest BCUT2D eigenvalue weighted by atomic mass is 9.96. The minimum absolute atomic E-state index is 0.190. The van der Waals surface area contributed by atoms with Crippen molar-refractivity contribution in [3.8, 4) is 0 Å². The van der Waals surface area contributed by atoms with E-state index in [1.807, 2.05) is 0 Å². The lowest BCUT2D eigenvalue weighted by Crippen LogP contribution is -2.15. The zero-order valence-corrected chi connectivity index (χ0v) is 8.88. The Morgan fingerprint density at radius 3 is 2.46 bits per heavy atom. The predicted molar refractivity (Wildman–Crippen MR) is 53.7 cm³/mol. The van der Waals surface area contributed by atoms with Gasteiger partial charge >= 0.3 is 0 Å². The number of ether oxygens (including phenoxy) is 1. The summed E-state index contributed by atoms with van der Waals surface area (Å²) in [6.07, 6.45) is 5.84. The number of rotatable bonds is 0. The number of hydrogen-bond donors (Lipinski definition) is 1. The van der Waals surface area contributed by atoms with Gasteiger partial charge in [0.05, 0.1) is 12.7 Å². The molecule has 1 aliphatic heterocycles. The van der Waals surface area contributed by atoms with Crippen LogP contribution in [0.2, 0.25) is 0 Å². The van der Waals surface area contributed by atoms with Gasteiger partial charge in [-0.1, -0.05) is 20.3 Å². The van der Waals surface area contributed by atoms with E-state index in [0.29, 0.717) is 12.0 Å². The van der Waals surface area contributed by atoms with Crippen LogP contribution in [0.15, 0.2) is 0 Å². The Morgan fingerprint density at radius 1 is 1.31 bits per heavy atom. The standard InChI is InChI=1S/C8H14O2.C3H8/c9-7-5-8(1-2-8)3-4-10-6-7;1-3-2/h7,9H,1-6H2;3H2,1-2H3. The zero-order valence-electron chi connectivity index (χ0n) is 8.88. The summed E-state index contributed by atoms with van der Waals surface area (Å²) in [5.41, 5.74) is 0.510. The van der Waals surface area contributed by atoms with Crippen LogP contribution in [0.1, 0.15) is 46.0 Å². The monoisotopic (exact) mass is 186 g/mol. The highest BCUT2D eigenvalue weighted by Crippen LogP contribution is 2.53. The Morgan fingerprint density at radius 2 is 1.92 bits per heavy atom. The first kappa shape index (κ1) is 11.0. The Hall–Kier alpha value is -0.0800. The molecule has 0 amide bonds. The summed E-state index contributed by atoms with van der Waals surface area (Å²) >= 11 is 0. The summed E-state index contributed by atoms with van der Waals surface area (Å²) in [4.78, 5) is 0. The molecular weight excluding hydrogens is 164 g/mol. The zero-order chi connectivity index (χ0) is 9.73. The molecule has 0 aromatic carbocycles. The van der Waals surface area contributed by atoms with Crippen molar-refractivity contribution in [1.29, 1.82) is 0 Å². The third-order valence-electron chi connectivity index (χ3n) is 2.71. The Balaban J connectivity index is 0.000000251. The van der Waals surface area contributed by atoms with Gasteiger partial charge in [-0.3, -0.25) is 0 Å². The predicted octanol–water partition coefficient (Wildman–Crippen LogP) is 2.35. The van der Waals surface area contributed by atoms with Crippen molar-refractivity contribution in [2.45, 2.75) is 52.1 Å². The van der Waals surface area contributed by atoms with Gasteiger partial charge in [0.1, 0.15) is 0 Å². The molecule has 2 rings (SSSR count). The van der Waals surface area contributed by atoms with E-state index in [2.05, 4.69) is 13.8 Å². The average molecular weight is 186 g/mol. The maximum absolute atomic E-state index is 9.34. The van der Waals surface area contributed by atoms with Crippen LogP contribution in [0, 0.1) is 5.41 Å². The van der Waals surface area contributed by atoms with Gasteiger partial charge in [-0.05, 0) is 31.1 Å². The van der Waals surface area contributed by atoms with Gasteiger partial charge in [0, 0.05) is 6.61 Å². The van der Waals surface area contributed by atoms with Crippen molar-refractivity contribution >= 4 is 0 Å². The van der Waals surface area contributed by atoms with E-state index < -0.39 is 0 Å². The third-order valence-corrected chi connectivity index (χ3v) is 2.71. The van der Waals surface area contributed by atoms with E-state index >= 15 is 0 Å². The quantitative estimate of drug-likeness (QED) is 0.629. The molecule has 0 radical (unpaired) electrons. The number of hydrogen-bond acceptors (Lipinski definition) is 2. The lowest BCUT2D eigenvalue weighted by Gasteiger charge is -2.11. The van der Waals surface area contributed by atoms with Crippen molar-refractivity contribution < 1.29 is 9.84 Å². The highest BCUT2D eigenvalue weighted by molar-refractivity contribution is 4.95. The minimum atomic E-state index is -0.190. The molecule has 1 saturated heterocycles. The fourth-order valence-electron chi connectivity index (χ4n) is 1.80. The number of aliphatic hydroxyl groups is 1. The topological polar surface area (TPSA) is 29.5 Å². The molecule has 0 aromatic heterocycles. The van der Waals surface area contributed by atoms with E-state index in [1.165, 1.54) is 25.7 Å². The first-order valence-corrected chi connectivity index (χ1v) is 5.48. The van der Waals surface area contributed by atoms with Crippen molar-refractivity contribution in [3.63, 3.8) is 0 Å². The van der Waals surface area contributed by atoms with Crippen LogP contribution in [0.4, 0.5) is 0 Å². The van der Waals surface area contributed by atoms with Crippen LogP contribution in [0.5, 0.6) is 0 Å². The molecule has 13 heavy (non-hydrogen) atoms. The molecular formula is C11H22O2. The van der Waals surface area contributed by atoms with Gasteiger partial charge in [0.15, 0.2) is 0 Å². The first-order valence-electron chi connectivity index (χ1n) is 5.48. The molecule has 1 N–H and O–H groups in total. The van der Waals surface area contributed by atoms with Gasteiger partial charge in [-0.25, -0.2) is 0 Å². The molecule has 1 spiro atoms. The van der Waals surface area contributed by atoms with Gasteiger partial charge in [-0.15, -0.1) is 0 Å². The maximum Gasteiger partial charge on any atom is 0.0779 e. The molecule has 1 aliphatic carbocycles. The van der Waals surface area contributed by atoms with E-state index in [-0.39, 0.29) is 6.10 Å². The summed E-state index contributed by atoms with van der Waals surface area (Å²) in [6, 6.07) is 0. The fourth-order valence-corrected chi connectivity index (χ4v) is 1.80. The van der Waals surface area contributed by atoms with Gasteiger partial charge in [-0.2, -0.15) is 0 Å². The molecule has 78 valence electrons. The molecule has 1 unspecified atom stereocenters. The normalized spacial score (nSPS) is 30.2. The summed E-state index contributed by atoms with van der Waals surface area (Å²) < 4.78 is 5.23. The molecule has 1 saturated carbocycles. The van der Waals surface area contributed by atoms with Gasteiger partial charge in [0.2, 0.25) is 0 Å². The summed E-state index contributed by atoms with van der Waals surface area (Å²) in [5.74, 6) is 0. The Bertz CT molecular complexity index is 141. The van der Waals surface area contributed by atoms with E-state index in [1.54, 1.807) is 0 Å². The summed E-state index contributed by atoms with van der Waals surface area (Å²) in [5, 5.41) is 9.34. The molecule has 0 aromatic rings. The lowest BCUT2D eigenvalue weighted by molar-refractivity contribution is 0.0500. The Labute approximate surface area is 81.3 Å². The summed E-state index contributed by atoms with van der Waals surface area (Å²) in [6.45, 7) is 5.67. The molecule has 1 atom stereocenters. The van der Waals surface area contributed by atoms with Crippen molar-refractivity contribution in [2.75, 3.05) is 13.2 Å². The number of aliphatic hydroxyl groups excluding tert-OH is 1. The van der Waals surface area contributed by atoms with E-state index in [0.717, 1.165) is 13.0 Å². The summed E-state index contributed by atoms with van der Waals surface area (Å²) in [7, 11) is 0. The van der Waals surface area contributed by atoms with Crippen LogP contribution >= 0.6 is 0 Å². The molecule has 2 aliphatic rings. The molecule has 0 bridgehead atoms. The van der Waals surface area contributed by atoms with Crippen molar-refractivity contribution in [1.82, 2.24) is 0 Å². The highest BCUT2D eigenvalue weighted by Gasteiger charge is 2.44. The molecule has 2 nitrogen and oxygen atoms in total. The van der Waals surface area contributed by atoms with Crippen LogP contribution in [0.25, 0.3) is 0 Å². The first-order chi connectivity index (χ1) is 6.22. The second kappa shape index (κ2) is 4.97. The van der Waals surface area contributed by atoms with Crippen LogP contribution in [-0.2, 0) is 4.74 Å².